The Hall–Kier alpha value is -1.44. The summed E-state index contributed by atoms with van der Waals surface area (Å²) < 4.78 is 38.3. The summed E-state index contributed by atoms with van der Waals surface area (Å²) in [5, 5.41) is 3.50. The largest absolute Gasteiger partial charge is 0.488 e. The zero-order valence-corrected chi connectivity index (χ0v) is 12.2. The fourth-order valence-corrected chi connectivity index (χ4v) is 2.81. The van der Waals surface area contributed by atoms with Crippen LogP contribution < -0.4 is 4.18 Å². The number of hydrogen-bond acceptors (Lipinski definition) is 5. The average Bonchev–Trinajstić information content (AvgIpc) is 2.30. The van der Waals surface area contributed by atoms with Crippen molar-refractivity contribution in [1.82, 2.24) is 0 Å². The molecule has 0 amide bonds. The summed E-state index contributed by atoms with van der Waals surface area (Å²) >= 11 is 4.12. The number of halogens is 1. The maximum Gasteiger partial charge on any atom is 0.488 e. The number of hydrogen-bond donors (Lipinski definition) is 1. The minimum atomic E-state index is -5.15. The van der Waals surface area contributed by atoms with Crippen LogP contribution in [0.5, 0.6) is 5.75 Å². The third-order valence-corrected chi connectivity index (χ3v) is 3.46. The zero-order chi connectivity index (χ0) is 14.8. The van der Waals surface area contributed by atoms with Gasteiger partial charge in [0.2, 0.25) is 0 Å². The van der Waals surface area contributed by atoms with Gasteiger partial charge < -0.3 is 4.18 Å². The van der Waals surface area contributed by atoms with Gasteiger partial charge in [0.25, 0.3) is 0 Å². The molecule has 0 atom stereocenters. The maximum absolute atomic E-state index is 12.7. The molecule has 0 aliphatic carbocycles. The summed E-state index contributed by atoms with van der Waals surface area (Å²) in [6.45, 7) is 4.79. The Morgan fingerprint density at radius 3 is 2.32 bits per heavy atom. The van der Waals surface area contributed by atoms with Gasteiger partial charge >= 0.3 is 10.5 Å². The van der Waals surface area contributed by atoms with Crippen molar-refractivity contribution in [3.05, 3.63) is 32.7 Å². The third-order valence-electron chi connectivity index (χ3n) is 2.78. The minimum Gasteiger partial charge on any atom is -0.358 e. The molecule has 0 heterocycles. The van der Waals surface area contributed by atoms with Crippen LogP contribution >= 0.6 is 12.6 Å². The monoisotopic (exact) mass is 305 g/mol. The first-order valence-electron chi connectivity index (χ1n) is 5.15. The van der Waals surface area contributed by atoms with E-state index in [1.165, 1.54) is 6.92 Å². The molecule has 0 radical (unpaired) electrons. The molecule has 0 bridgehead atoms. The molecule has 19 heavy (non-hydrogen) atoms. The fourth-order valence-electron chi connectivity index (χ4n) is 1.89. The summed E-state index contributed by atoms with van der Waals surface area (Å²) in [7, 11) is -5.15. The smallest absolute Gasteiger partial charge is 0.358 e. The molecule has 1 rings (SSSR count). The highest BCUT2D eigenvalue weighted by Crippen LogP contribution is 2.39. The first-order valence-corrected chi connectivity index (χ1v) is 7.09. The van der Waals surface area contributed by atoms with Crippen LogP contribution in [0.1, 0.15) is 22.3 Å². The van der Waals surface area contributed by atoms with Gasteiger partial charge in [-0.3, -0.25) is 0 Å². The van der Waals surface area contributed by atoms with Crippen molar-refractivity contribution in [2.24, 2.45) is 5.11 Å². The van der Waals surface area contributed by atoms with Crippen LogP contribution in [0.15, 0.2) is 5.11 Å². The van der Waals surface area contributed by atoms with E-state index in [-0.39, 0.29) is 22.8 Å². The second kappa shape index (κ2) is 5.68. The Morgan fingerprint density at radius 2 is 1.89 bits per heavy atom. The Bertz CT molecular complexity index is 667. The summed E-state index contributed by atoms with van der Waals surface area (Å²) in [6, 6.07) is 0. The van der Waals surface area contributed by atoms with Gasteiger partial charge in [-0.05, 0) is 43.0 Å². The topological polar surface area (TPSA) is 92.1 Å². The van der Waals surface area contributed by atoms with Crippen molar-refractivity contribution in [2.75, 3.05) is 0 Å². The summed E-state index contributed by atoms with van der Waals surface area (Å²) in [6.07, 6.45) is 0. The normalized spacial score (nSPS) is 11.0. The molecule has 0 spiro atoms. The van der Waals surface area contributed by atoms with Gasteiger partial charge in [-0.15, -0.1) is 0 Å². The summed E-state index contributed by atoms with van der Waals surface area (Å²) in [4.78, 5) is 2.67. The van der Waals surface area contributed by atoms with E-state index < -0.39 is 10.5 Å². The molecule has 0 aromatic heterocycles. The molecule has 0 saturated carbocycles. The molecule has 0 unspecified atom stereocenters. The first-order chi connectivity index (χ1) is 8.72. The van der Waals surface area contributed by atoms with Crippen LogP contribution in [0.4, 0.5) is 9.57 Å². The Balaban J connectivity index is 3.72. The highest BCUT2D eigenvalue weighted by Gasteiger charge is 2.21. The molecular formula is C10H12FN3O3S2. The van der Waals surface area contributed by atoms with Gasteiger partial charge in [-0.1, -0.05) is 9.00 Å². The standard InChI is InChI=1S/C10H12FN3O3S2/c1-5-8(4-18)6(2)10(17-19(11,15)16)7(3)9(5)13-14-12/h18H,4H2,1-3H3. The first kappa shape index (κ1) is 15.6. The number of benzene rings is 1. The molecule has 1 aromatic carbocycles. The molecule has 0 saturated heterocycles. The highest BCUT2D eigenvalue weighted by molar-refractivity contribution is 7.81. The van der Waals surface area contributed by atoms with Gasteiger partial charge in [0.15, 0.2) is 5.75 Å². The van der Waals surface area contributed by atoms with Crippen molar-refractivity contribution in [3.8, 4) is 5.75 Å². The molecule has 0 N–H and O–H groups in total. The quantitative estimate of drug-likeness (QED) is 0.303. The van der Waals surface area contributed by atoms with Crippen molar-refractivity contribution in [3.63, 3.8) is 0 Å². The lowest BCUT2D eigenvalue weighted by molar-refractivity contribution is 0.437. The predicted molar refractivity (Wildman–Crippen MR) is 72.8 cm³/mol. The number of azide groups is 1. The van der Waals surface area contributed by atoms with Crippen LogP contribution in [-0.4, -0.2) is 8.42 Å². The molecule has 0 aliphatic rings. The molecule has 0 fully saturated rings. The van der Waals surface area contributed by atoms with Crippen molar-refractivity contribution in [2.45, 2.75) is 26.5 Å². The Morgan fingerprint density at radius 1 is 1.32 bits per heavy atom. The van der Waals surface area contributed by atoms with Crippen LogP contribution in [0.25, 0.3) is 10.4 Å². The van der Waals surface area contributed by atoms with E-state index in [1.807, 2.05) is 0 Å². The van der Waals surface area contributed by atoms with Gasteiger partial charge in [0, 0.05) is 21.9 Å². The fraction of sp³-hybridized carbons (Fsp3) is 0.400. The van der Waals surface area contributed by atoms with Crippen LogP contribution in [-0.2, 0) is 16.3 Å². The van der Waals surface area contributed by atoms with Crippen LogP contribution in [0.3, 0.4) is 0 Å². The van der Waals surface area contributed by atoms with Gasteiger partial charge in [0.05, 0.1) is 0 Å². The lowest BCUT2D eigenvalue weighted by atomic mass is 9.97. The second-order valence-electron chi connectivity index (χ2n) is 3.86. The highest BCUT2D eigenvalue weighted by atomic mass is 32.3. The second-order valence-corrected chi connectivity index (χ2v) is 5.12. The van der Waals surface area contributed by atoms with E-state index in [0.29, 0.717) is 16.7 Å². The maximum atomic E-state index is 12.7. The van der Waals surface area contributed by atoms with E-state index in [0.717, 1.165) is 0 Å². The Labute approximate surface area is 116 Å². The molecule has 1 aromatic rings. The lowest BCUT2D eigenvalue weighted by Crippen LogP contribution is -2.07. The molecular weight excluding hydrogens is 293 g/mol. The van der Waals surface area contributed by atoms with Crippen LogP contribution in [0.2, 0.25) is 0 Å². The van der Waals surface area contributed by atoms with Gasteiger partial charge in [0.1, 0.15) is 0 Å². The molecule has 6 nitrogen and oxygen atoms in total. The van der Waals surface area contributed by atoms with Crippen molar-refractivity contribution < 1.29 is 16.5 Å². The van der Waals surface area contributed by atoms with Crippen LogP contribution in [0, 0.1) is 20.8 Å². The summed E-state index contributed by atoms with van der Waals surface area (Å²) in [5.74, 6) is 0.105. The van der Waals surface area contributed by atoms with E-state index in [2.05, 4.69) is 26.8 Å². The van der Waals surface area contributed by atoms with Crippen molar-refractivity contribution in [1.29, 1.82) is 0 Å². The van der Waals surface area contributed by atoms with E-state index in [1.54, 1.807) is 13.8 Å². The lowest BCUT2D eigenvalue weighted by Gasteiger charge is -2.17. The molecule has 104 valence electrons. The molecule has 9 heteroatoms. The minimum absolute atomic E-state index is 0.167. The number of rotatable bonds is 4. The third kappa shape index (κ3) is 3.31. The average molecular weight is 305 g/mol. The van der Waals surface area contributed by atoms with E-state index >= 15 is 0 Å². The Kier molecular flexibility index (Phi) is 4.67. The SMILES string of the molecule is Cc1c(CS)c(C)c(OS(=O)(=O)F)c(C)c1N=[N+]=[N-]. The van der Waals surface area contributed by atoms with Gasteiger partial charge in [-0.2, -0.15) is 21.0 Å². The number of thiol groups is 1. The van der Waals surface area contributed by atoms with E-state index in [9.17, 15) is 12.3 Å². The molecule has 0 aliphatic heterocycles. The van der Waals surface area contributed by atoms with E-state index in [4.69, 9.17) is 5.53 Å². The zero-order valence-electron chi connectivity index (χ0n) is 10.5. The predicted octanol–water partition coefficient (Wildman–Crippen LogP) is 3.58. The van der Waals surface area contributed by atoms with Crippen molar-refractivity contribution >= 4 is 28.8 Å². The van der Waals surface area contributed by atoms with Gasteiger partial charge in [-0.25, -0.2) is 0 Å². The summed E-state index contributed by atoms with van der Waals surface area (Å²) in [5.41, 5.74) is 10.8. The number of nitrogens with zero attached hydrogens (tertiary/aromatic N) is 3.